The van der Waals surface area contributed by atoms with Crippen molar-refractivity contribution in [2.45, 2.75) is 411 Å². The maximum atomic E-state index is 13.0. The number of ether oxygens (including phenoxy) is 3. The second-order valence-corrected chi connectivity index (χ2v) is 32.9. The van der Waals surface area contributed by atoms with E-state index in [1.54, 1.807) is 0 Å². The number of phosphoric ester groups is 2. The number of esters is 3. The van der Waals surface area contributed by atoms with Crippen molar-refractivity contribution < 1.29 is 75.8 Å². The zero-order valence-corrected chi connectivity index (χ0v) is 72.4. The molecular weight excluding hydrogens is 1430 g/mol. The molecule has 0 aromatic rings. The summed E-state index contributed by atoms with van der Waals surface area (Å²) in [6, 6.07) is 0. The van der Waals surface area contributed by atoms with E-state index in [0.717, 1.165) is 141 Å². The fraction of sp³-hybridized carbons (Fsp3) is 0.753. The largest absolute Gasteiger partial charge is 0.472 e. The van der Waals surface area contributed by atoms with Gasteiger partial charge in [-0.3, -0.25) is 32.5 Å². The molecule has 0 aliphatic rings. The van der Waals surface area contributed by atoms with Gasteiger partial charge in [-0.25, -0.2) is 9.13 Å². The lowest BCUT2D eigenvalue weighted by Gasteiger charge is -2.21. The van der Waals surface area contributed by atoms with Gasteiger partial charge in [-0.1, -0.05) is 361 Å². The number of hydrogen-bond donors (Lipinski definition) is 4. The number of carbonyl (C=O) groups excluding carboxylic acids is 3. The molecule has 0 radical (unpaired) electrons. The third kappa shape index (κ3) is 86.6. The van der Waals surface area contributed by atoms with E-state index in [1.165, 1.54) is 193 Å². The van der Waals surface area contributed by atoms with Crippen molar-refractivity contribution in [3.63, 3.8) is 0 Å². The van der Waals surface area contributed by atoms with Crippen molar-refractivity contribution in [3.05, 3.63) is 122 Å². The first kappa shape index (κ1) is 107. The van der Waals surface area contributed by atoms with Crippen LogP contribution < -0.4 is 0 Å². The van der Waals surface area contributed by atoms with E-state index < -0.39 is 91.5 Å². The maximum absolute atomic E-state index is 13.0. The molecule has 5 atom stereocenters. The summed E-state index contributed by atoms with van der Waals surface area (Å²) < 4.78 is 61.3. The number of hydrogen-bond acceptors (Lipinski definition) is 14. The Balaban J connectivity index is 4.42. The summed E-state index contributed by atoms with van der Waals surface area (Å²) in [4.78, 5) is 58.8. The Bertz CT molecular complexity index is 2500. The van der Waals surface area contributed by atoms with Crippen molar-refractivity contribution >= 4 is 33.6 Å². The Hall–Kier alpha value is -4.05. The molecule has 0 saturated heterocycles. The van der Waals surface area contributed by atoms with E-state index in [2.05, 4.69) is 142 Å². The Morgan fingerprint density at radius 1 is 0.261 bits per heavy atom. The minimum atomic E-state index is -4.94. The third-order valence-corrected chi connectivity index (χ3v) is 21.0. The minimum absolute atomic E-state index is 0.0932. The van der Waals surface area contributed by atoms with Crippen LogP contribution in [-0.2, 0) is 55.8 Å². The zero-order chi connectivity index (χ0) is 80.8. The van der Waals surface area contributed by atoms with Crippen molar-refractivity contribution in [3.8, 4) is 0 Å². The fourth-order valence-electron chi connectivity index (χ4n) is 12.3. The predicted molar refractivity (Wildman–Crippen MR) is 463 cm³/mol. The molecule has 0 aliphatic heterocycles. The molecule has 4 N–H and O–H groups in total. The van der Waals surface area contributed by atoms with E-state index in [0.29, 0.717) is 19.3 Å². The van der Waals surface area contributed by atoms with Crippen molar-refractivity contribution in [2.75, 3.05) is 39.6 Å². The number of phosphoric acid groups is 2. The van der Waals surface area contributed by atoms with Gasteiger partial charge in [0.15, 0.2) is 6.10 Å². The molecule has 0 amide bonds. The molecular formula is C93H164O16P2. The van der Waals surface area contributed by atoms with Gasteiger partial charge in [0.05, 0.1) is 26.4 Å². The van der Waals surface area contributed by atoms with Gasteiger partial charge in [0.25, 0.3) is 0 Å². The number of aliphatic hydroxyl groups excluding tert-OH is 2. The van der Waals surface area contributed by atoms with Crippen LogP contribution in [0, 0.1) is 0 Å². The SMILES string of the molecule is CC/C=C\C/C=C\C/C=C\C/C=C\C/C=C\CCCCCCCCCCCC(=O)OCC(COP(=O)(O)OCC(O)COP(=O)(O)OCC(O)COC(=O)CCCCCCCCCCCCCCCCCCCCC/C=C\C/C=C\C/C=C\C/C=C\CCCCC)OC(=O)CCCCCCC/C=C\CCCCCCCC. The lowest BCUT2D eigenvalue weighted by atomic mass is 10.0. The average Bonchev–Trinajstić information content (AvgIpc) is 0.904. The summed E-state index contributed by atoms with van der Waals surface area (Å²) >= 11 is 0. The molecule has 5 unspecified atom stereocenters. The van der Waals surface area contributed by atoms with Gasteiger partial charge in [0.1, 0.15) is 25.4 Å². The maximum Gasteiger partial charge on any atom is 0.472 e. The van der Waals surface area contributed by atoms with E-state index in [-0.39, 0.29) is 19.3 Å². The first-order valence-corrected chi connectivity index (χ1v) is 47.8. The highest BCUT2D eigenvalue weighted by Crippen LogP contribution is 2.45. The van der Waals surface area contributed by atoms with E-state index in [1.807, 2.05) is 0 Å². The molecule has 0 aromatic heterocycles. The van der Waals surface area contributed by atoms with Crippen LogP contribution in [0.15, 0.2) is 122 Å². The highest BCUT2D eigenvalue weighted by atomic mass is 31.2. The summed E-state index contributed by atoms with van der Waals surface area (Å²) in [6.45, 7) is 2.57. The zero-order valence-electron chi connectivity index (χ0n) is 70.6. The molecule has 0 fully saturated rings. The number of carbonyl (C=O) groups is 3. The molecule has 16 nitrogen and oxygen atoms in total. The second kappa shape index (κ2) is 85.3. The van der Waals surface area contributed by atoms with Crippen LogP contribution in [-0.4, -0.2) is 95.9 Å². The van der Waals surface area contributed by atoms with Crippen molar-refractivity contribution in [1.29, 1.82) is 0 Å². The Kier molecular flexibility index (Phi) is 82.2. The predicted octanol–water partition coefficient (Wildman–Crippen LogP) is 27.2. The quantitative estimate of drug-likeness (QED) is 0.0146. The minimum Gasteiger partial charge on any atom is -0.463 e. The van der Waals surface area contributed by atoms with Gasteiger partial charge in [-0.2, -0.15) is 0 Å². The number of aliphatic hydroxyl groups is 2. The molecule has 0 aliphatic carbocycles. The number of rotatable bonds is 85. The van der Waals surface area contributed by atoms with Gasteiger partial charge in [0, 0.05) is 19.3 Å². The Labute approximate surface area is 678 Å². The van der Waals surface area contributed by atoms with Gasteiger partial charge in [-0.05, 0) is 135 Å². The Morgan fingerprint density at radius 2 is 0.477 bits per heavy atom. The summed E-state index contributed by atoms with van der Waals surface area (Å²) in [5.41, 5.74) is 0. The number of allylic oxidation sites excluding steroid dienone is 20. The van der Waals surface area contributed by atoms with Crippen molar-refractivity contribution in [1.82, 2.24) is 0 Å². The smallest absolute Gasteiger partial charge is 0.463 e. The molecule has 111 heavy (non-hydrogen) atoms. The van der Waals surface area contributed by atoms with Crippen LogP contribution in [0.5, 0.6) is 0 Å². The Morgan fingerprint density at radius 3 is 0.784 bits per heavy atom. The summed E-state index contributed by atoms with van der Waals surface area (Å²) in [5, 5.41) is 20.7. The number of unbranched alkanes of at least 4 members (excludes halogenated alkanes) is 42. The van der Waals surface area contributed by atoms with Gasteiger partial charge in [-0.15, -0.1) is 0 Å². The molecule has 642 valence electrons. The van der Waals surface area contributed by atoms with Gasteiger partial charge < -0.3 is 34.2 Å². The lowest BCUT2D eigenvalue weighted by Crippen LogP contribution is -2.30. The van der Waals surface area contributed by atoms with E-state index in [4.69, 9.17) is 32.3 Å². The molecule has 0 aromatic carbocycles. The van der Waals surface area contributed by atoms with Crippen molar-refractivity contribution in [2.24, 2.45) is 0 Å². The van der Waals surface area contributed by atoms with Crippen LogP contribution in [0.1, 0.15) is 393 Å². The molecule has 18 heteroatoms. The van der Waals surface area contributed by atoms with Crippen LogP contribution in [0.3, 0.4) is 0 Å². The van der Waals surface area contributed by atoms with Crippen LogP contribution in [0.25, 0.3) is 0 Å². The topological polar surface area (TPSA) is 231 Å². The normalized spacial score (nSPS) is 14.4. The molecule has 0 spiro atoms. The summed E-state index contributed by atoms with van der Waals surface area (Å²) in [5.74, 6) is -1.58. The van der Waals surface area contributed by atoms with Crippen LogP contribution in [0.2, 0.25) is 0 Å². The highest BCUT2D eigenvalue weighted by Gasteiger charge is 2.29. The second-order valence-electron chi connectivity index (χ2n) is 30.0. The summed E-state index contributed by atoms with van der Waals surface area (Å²) in [6.07, 6.45) is 104. The molecule has 0 heterocycles. The third-order valence-electron chi connectivity index (χ3n) is 19.1. The monoisotopic (exact) mass is 1600 g/mol. The molecule has 0 rings (SSSR count). The molecule has 0 bridgehead atoms. The highest BCUT2D eigenvalue weighted by molar-refractivity contribution is 7.47. The van der Waals surface area contributed by atoms with E-state index in [9.17, 15) is 43.5 Å². The van der Waals surface area contributed by atoms with Crippen LogP contribution in [0.4, 0.5) is 0 Å². The van der Waals surface area contributed by atoms with Crippen LogP contribution >= 0.6 is 15.6 Å². The van der Waals surface area contributed by atoms with Gasteiger partial charge in [0.2, 0.25) is 0 Å². The first-order valence-electron chi connectivity index (χ1n) is 44.8. The molecule has 0 saturated carbocycles. The summed E-state index contributed by atoms with van der Waals surface area (Å²) in [7, 11) is -9.80. The van der Waals surface area contributed by atoms with Gasteiger partial charge >= 0.3 is 33.6 Å². The average molecular weight is 1600 g/mol. The first-order chi connectivity index (χ1) is 54.2. The standard InChI is InChI=1S/C93H164O16P2/c1-4-7-10-13-16-19-22-25-28-30-32-34-36-38-39-40-41-42-43-44-45-46-47-49-51-52-54-56-59-61-64-67-70-73-76-79-91(96)103-82-88(94)83-105-110(99,100)106-84-89(95)85-107-111(101,102)108-87-90(109-93(98)81-78-75-72-69-66-63-58-27-24-21-18-15-12-9-6-3)86-104-92(97)80-77-74-71-68-65-62-60-57-55-53-50-48-37-35-33-31-29-26-23-20-17-14-11-8-5-2/h8,11,16-17,19-20,25-29,32-35,38-39,48,50,58,88-90,94-95H,4-7,9-10,12-15,18,21-24,30-31,36-37,40-47,49,51-57,59-87H2,1-3H3,(H,99,100)(H,101,102)/b11-8-,19-16-,20-17-,28-25-,29-26-,34-32-,35-33-,39-38-,50-48-,58-27-. The van der Waals surface area contributed by atoms with E-state index >= 15 is 0 Å². The lowest BCUT2D eigenvalue weighted by molar-refractivity contribution is -0.161. The fourth-order valence-corrected chi connectivity index (χ4v) is 13.9.